The van der Waals surface area contributed by atoms with Gasteiger partial charge in [-0.25, -0.2) is 0 Å². The summed E-state index contributed by atoms with van der Waals surface area (Å²) in [6.45, 7) is 4.04. The smallest absolute Gasteiger partial charge is 0.168 e. The fraction of sp³-hybridized carbons (Fsp3) is 0.500. The van der Waals surface area contributed by atoms with Crippen LogP contribution in [-0.4, -0.2) is 30.7 Å². The van der Waals surface area contributed by atoms with Crippen LogP contribution in [0.3, 0.4) is 0 Å². The van der Waals surface area contributed by atoms with Crippen LogP contribution in [0.5, 0.6) is 0 Å². The van der Waals surface area contributed by atoms with E-state index in [4.69, 9.17) is 23.8 Å². The van der Waals surface area contributed by atoms with Gasteiger partial charge in [-0.15, -0.1) is 0 Å². The first-order chi connectivity index (χ1) is 4.54. The Bertz CT molecular complexity index is 145. The van der Waals surface area contributed by atoms with Crippen LogP contribution in [0.25, 0.3) is 0 Å². The molecular formula is C6H11ClN2S. The summed E-state index contributed by atoms with van der Waals surface area (Å²) >= 11 is 10.4. The van der Waals surface area contributed by atoms with Crippen LogP contribution in [0.2, 0.25) is 0 Å². The van der Waals surface area contributed by atoms with Crippen LogP contribution < -0.4 is 5.32 Å². The van der Waals surface area contributed by atoms with Crippen LogP contribution >= 0.6 is 23.8 Å². The molecule has 10 heavy (non-hydrogen) atoms. The Balaban J connectivity index is 3.50. The molecule has 0 saturated heterocycles. The second-order valence-electron chi connectivity index (χ2n) is 2.07. The number of nitrogens with zero attached hydrogens (tertiary/aromatic N) is 1. The normalized spacial score (nSPS) is 8.70. The molecule has 0 radical (unpaired) electrons. The van der Waals surface area contributed by atoms with E-state index in [0.29, 0.717) is 16.7 Å². The van der Waals surface area contributed by atoms with Crippen molar-refractivity contribution in [1.82, 2.24) is 10.2 Å². The number of hydrogen-bond donors (Lipinski definition) is 1. The molecular weight excluding hydrogens is 168 g/mol. The van der Waals surface area contributed by atoms with Gasteiger partial charge in [0, 0.05) is 19.1 Å². The molecule has 0 heterocycles. The highest BCUT2D eigenvalue weighted by molar-refractivity contribution is 7.80. The molecule has 0 unspecified atom stereocenters. The third-order valence-electron chi connectivity index (χ3n) is 0.838. The highest BCUT2D eigenvalue weighted by Crippen LogP contribution is 1.92. The lowest BCUT2D eigenvalue weighted by Crippen LogP contribution is -2.34. The van der Waals surface area contributed by atoms with E-state index >= 15 is 0 Å². The average Bonchev–Trinajstić information content (AvgIpc) is 1.82. The van der Waals surface area contributed by atoms with Gasteiger partial charge in [0.25, 0.3) is 0 Å². The number of halogens is 1. The Morgan fingerprint density at radius 1 is 1.70 bits per heavy atom. The molecule has 0 spiro atoms. The molecule has 0 amide bonds. The minimum absolute atomic E-state index is 0.526. The largest absolute Gasteiger partial charge is 0.358 e. The standard InChI is InChI=1S/C6H11ClN2S/c1-5(7)4-8-6(10)9(2)3/h1,4H2,2-3H3,(H,8,10). The Kier molecular flexibility index (Phi) is 4.40. The van der Waals surface area contributed by atoms with E-state index in [9.17, 15) is 0 Å². The summed E-state index contributed by atoms with van der Waals surface area (Å²) in [5.74, 6) is 0. The second-order valence-corrected chi connectivity index (χ2v) is 2.99. The topological polar surface area (TPSA) is 15.3 Å². The molecule has 2 nitrogen and oxygen atoms in total. The summed E-state index contributed by atoms with van der Waals surface area (Å²) in [6.07, 6.45) is 0. The van der Waals surface area contributed by atoms with Gasteiger partial charge >= 0.3 is 0 Å². The van der Waals surface area contributed by atoms with Crippen LogP contribution in [0.4, 0.5) is 0 Å². The Labute approximate surface area is 71.8 Å². The van der Waals surface area contributed by atoms with Gasteiger partial charge in [-0.2, -0.15) is 0 Å². The molecule has 0 rings (SSSR count). The third-order valence-corrected chi connectivity index (χ3v) is 1.48. The van der Waals surface area contributed by atoms with Gasteiger partial charge in [0.2, 0.25) is 0 Å². The molecule has 0 aliphatic carbocycles. The van der Waals surface area contributed by atoms with Crippen molar-refractivity contribution in [2.45, 2.75) is 0 Å². The van der Waals surface area contributed by atoms with Gasteiger partial charge in [0.1, 0.15) is 0 Å². The van der Waals surface area contributed by atoms with Gasteiger partial charge in [-0.3, -0.25) is 0 Å². The summed E-state index contributed by atoms with van der Waals surface area (Å²) < 4.78 is 0. The zero-order chi connectivity index (χ0) is 8.15. The lowest BCUT2D eigenvalue weighted by atomic mass is 10.6. The Hall–Kier alpha value is -0.280. The maximum absolute atomic E-state index is 5.49. The molecule has 0 bridgehead atoms. The molecule has 0 saturated carbocycles. The van der Waals surface area contributed by atoms with E-state index in [1.807, 2.05) is 14.1 Å². The van der Waals surface area contributed by atoms with E-state index < -0.39 is 0 Å². The quantitative estimate of drug-likeness (QED) is 0.640. The van der Waals surface area contributed by atoms with Crippen LogP contribution in [0.15, 0.2) is 11.6 Å². The van der Waals surface area contributed by atoms with E-state index in [-0.39, 0.29) is 0 Å². The number of hydrogen-bond acceptors (Lipinski definition) is 1. The highest BCUT2D eigenvalue weighted by atomic mass is 35.5. The Morgan fingerprint density at radius 2 is 2.20 bits per heavy atom. The van der Waals surface area contributed by atoms with Crippen molar-refractivity contribution in [2.24, 2.45) is 0 Å². The molecule has 58 valence electrons. The van der Waals surface area contributed by atoms with E-state index in [0.717, 1.165) is 0 Å². The van der Waals surface area contributed by atoms with Gasteiger partial charge < -0.3 is 10.2 Å². The van der Waals surface area contributed by atoms with Crippen LogP contribution in [-0.2, 0) is 0 Å². The summed E-state index contributed by atoms with van der Waals surface area (Å²) in [5.41, 5.74) is 0. The fourth-order valence-electron chi connectivity index (χ4n) is 0.330. The van der Waals surface area contributed by atoms with Gasteiger partial charge in [-0.05, 0) is 12.2 Å². The predicted octanol–water partition coefficient (Wildman–Crippen LogP) is 1.18. The third kappa shape index (κ3) is 4.58. The molecule has 0 aromatic rings. The first-order valence-corrected chi connectivity index (χ1v) is 3.61. The molecule has 0 aromatic carbocycles. The molecule has 0 atom stereocenters. The van der Waals surface area contributed by atoms with E-state index in [1.165, 1.54) is 0 Å². The first kappa shape index (κ1) is 9.72. The zero-order valence-electron chi connectivity index (χ0n) is 6.15. The summed E-state index contributed by atoms with van der Waals surface area (Å²) in [7, 11) is 3.73. The lowest BCUT2D eigenvalue weighted by molar-refractivity contribution is 0.607. The summed E-state index contributed by atoms with van der Waals surface area (Å²) in [6, 6.07) is 0. The van der Waals surface area contributed by atoms with Crippen LogP contribution in [0.1, 0.15) is 0 Å². The first-order valence-electron chi connectivity index (χ1n) is 2.82. The van der Waals surface area contributed by atoms with Crippen molar-refractivity contribution in [2.75, 3.05) is 20.6 Å². The maximum atomic E-state index is 5.49. The molecule has 0 fully saturated rings. The molecule has 0 aliphatic heterocycles. The summed E-state index contributed by atoms with van der Waals surface area (Å²) in [5, 5.41) is 4.14. The van der Waals surface area contributed by atoms with Crippen molar-refractivity contribution in [1.29, 1.82) is 0 Å². The predicted molar refractivity (Wildman–Crippen MR) is 49.3 cm³/mol. The number of thiocarbonyl (C=S) groups is 1. The lowest BCUT2D eigenvalue weighted by Gasteiger charge is -2.14. The molecule has 1 N–H and O–H groups in total. The molecule has 4 heteroatoms. The van der Waals surface area contributed by atoms with Crippen molar-refractivity contribution in [3.8, 4) is 0 Å². The maximum Gasteiger partial charge on any atom is 0.168 e. The minimum atomic E-state index is 0.526. The molecule has 0 aromatic heterocycles. The van der Waals surface area contributed by atoms with E-state index in [1.54, 1.807) is 4.90 Å². The Morgan fingerprint density at radius 3 is 2.50 bits per heavy atom. The monoisotopic (exact) mass is 178 g/mol. The second kappa shape index (κ2) is 4.52. The molecule has 0 aliphatic rings. The zero-order valence-corrected chi connectivity index (χ0v) is 7.72. The SMILES string of the molecule is C=C(Cl)CNC(=S)N(C)C. The van der Waals surface area contributed by atoms with Crippen molar-refractivity contribution >= 4 is 28.9 Å². The fourth-order valence-corrected chi connectivity index (χ4v) is 0.469. The summed E-state index contributed by atoms with van der Waals surface area (Å²) in [4.78, 5) is 1.80. The number of rotatable bonds is 2. The highest BCUT2D eigenvalue weighted by Gasteiger charge is 1.95. The van der Waals surface area contributed by atoms with Gasteiger partial charge in [-0.1, -0.05) is 18.2 Å². The number of nitrogens with one attached hydrogen (secondary N) is 1. The van der Waals surface area contributed by atoms with Gasteiger partial charge in [0.15, 0.2) is 5.11 Å². The van der Waals surface area contributed by atoms with E-state index in [2.05, 4.69) is 11.9 Å². The average molecular weight is 179 g/mol. The van der Waals surface area contributed by atoms with Crippen molar-refractivity contribution < 1.29 is 0 Å². The minimum Gasteiger partial charge on any atom is -0.358 e. The van der Waals surface area contributed by atoms with Crippen molar-refractivity contribution in [3.63, 3.8) is 0 Å². The van der Waals surface area contributed by atoms with Gasteiger partial charge in [0.05, 0.1) is 6.54 Å². The van der Waals surface area contributed by atoms with Crippen molar-refractivity contribution in [3.05, 3.63) is 11.6 Å². The van der Waals surface area contributed by atoms with Crippen LogP contribution in [0, 0.1) is 0 Å².